The Bertz CT molecular complexity index is 744. The SMILES string of the molecule is Cc1ccc(OCCC(=O)N(CCC(N)=O)Cc2ccccc2)c(C)c1. The number of carbonyl (C=O) groups is 2. The van der Waals surface area contributed by atoms with Crippen molar-refractivity contribution in [1.29, 1.82) is 0 Å². The molecular weight excluding hydrogens is 328 g/mol. The zero-order chi connectivity index (χ0) is 18.9. The number of aryl methyl sites for hydroxylation is 2. The average molecular weight is 354 g/mol. The fraction of sp³-hybridized carbons (Fsp3) is 0.333. The highest BCUT2D eigenvalue weighted by Crippen LogP contribution is 2.19. The smallest absolute Gasteiger partial charge is 0.226 e. The van der Waals surface area contributed by atoms with E-state index < -0.39 is 5.91 Å². The monoisotopic (exact) mass is 354 g/mol. The van der Waals surface area contributed by atoms with E-state index >= 15 is 0 Å². The van der Waals surface area contributed by atoms with Crippen LogP contribution in [0.4, 0.5) is 0 Å². The molecule has 0 bridgehead atoms. The summed E-state index contributed by atoms with van der Waals surface area (Å²) >= 11 is 0. The maximum Gasteiger partial charge on any atom is 0.226 e. The Hall–Kier alpha value is -2.82. The first kappa shape index (κ1) is 19.5. The predicted octanol–water partition coefficient (Wildman–Crippen LogP) is 2.98. The summed E-state index contributed by atoms with van der Waals surface area (Å²) in [5.74, 6) is 0.317. The van der Waals surface area contributed by atoms with Crippen LogP contribution in [0, 0.1) is 13.8 Å². The maximum absolute atomic E-state index is 12.6. The van der Waals surface area contributed by atoms with Gasteiger partial charge in [-0.15, -0.1) is 0 Å². The van der Waals surface area contributed by atoms with Crippen molar-refractivity contribution in [2.45, 2.75) is 33.2 Å². The van der Waals surface area contributed by atoms with Crippen LogP contribution in [0.5, 0.6) is 5.75 Å². The van der Waals surface area contributed by atoms with Gasteiger partial charge >= 0.3 is 0 Å². The van der Waals surface area contributed by atoms with Gasteiger partial charge in [0.05, 0.1) is 13.0 Å². The Morgan fingerprint density at radius 2 is 1.77 bits per heavy atom. The molecule has 0 spiro atoms. The van der Waals surface area contributed by atoms with Crippen LogP contribution in [0.1, 0.15) is 29.5 Å². The summed E-state index contributed by atoms with van der Waals surface area (Å²) in [5.41, 5.74) is 8.47. The zero-order valence-electron chi connectivity index (χ0n) is 15.4. The Labute approximate surface area is 154 Å². The van der Waals surface area contributed by atoms with Crippen LogP contribution in [-0.2, 0) is 16.1 Å². The number of benzene rings is 2. The quantitative estimate of drug-likeness (QED) is 0.752. The van der Waals surface area contributed by atoms with Crippen molar-refractivity contribution in [1.82, 2.24) is 4.90 Å². The fourth-order valence-corrected chi connectivity index (χ4v) is 2.71. The molecular formula is C21H26N2O3. The molecule has 0 saturated heterocycles. The van der Waals surface area contributed by atoms with E-state index in [0.717, 1.165) is 16.9 Å². The number of amides is 2. The fourth-order valence-electron chi connectivity index (χ4n) is 2.71. The van der Waals surface area contributed by atoms with E-state index in [1.54, 1.807) is 4.90 Å². The van der Waals surface area contributed by atoms with E-state index in [2.05, 4.69) is 0 Å². The maximum atomic E-state index is 12.6. The van der Waals surface area contributed by atoms with Crippen molar-refractivity contribution >= 4 is 11.8 Å². The van der Waals surface area contributed by atoms with Crippen LogP contribution >= 0.6 is 0 Å². The molecule has 26 heavy (non-hydrogen) atoms. The van der Waals surface area contributed by atoms with E-state index in [4.69, 9.17) is 10.5 Å². The topological polar surface area (TPSA) is 72.6 Å². The Kier molecular flexibility index (Phi) is 7.21. The minimum absolute atomic E-state index is 0.0557. The Morgan fingerprint density at radius 3 is 2.42 bits per heavy atom. The Morgan fingerprint density at radius 1 is 1.04 bits per heavy atom. The summed E-state index contributed by atoms with van der Waals surface area (Å²) in [7, 11) is 0. The number of hydrogen-bond acceptors (Lipinski definition) is 3. The van der Waals surface area contributed by atoms with E-state index in [0.29, 0.717) is 19.7 Å². The lowest BCUT2D eigenvalue weighted by atomic mass is 10.1. The lowest BCUT2D eigenvalue weighted by Gasteiger charge is -2.22. The van der Waals surface area contributed by atoms with Gasteiger partial charge < -0.3 is 15.4 Å². The number of hydrogen-bond donors (Lipinski definition) is 1. The largest absolute Gasteiger partial charge is 0.493 e. The molecule has 0 heterocycles. The summed E-state index contributed by atoms with van der Waals surface area (Å²) in [6, 6.07) is 15.6. The standard InChI is InChI=1S/C21H26N2O3/c1-16-8-9-19(17(2)14-16)26-13-11-21(25)23(12-10-20(22)24)15-18-6-4-3-5-7-18/h3-9,14H,10-13,15H2,1-2H3,(H2,22,24). The number of nitrogens with zero attached hydrogens (tertiary/aromatic N) is 1. The zero-order valence-corrected chi connectivity index (χ0v) is 15.4. The second kappa shape index (κ2) is 9.61. The van der Waals surface area contributed by atoms with Gasteiger partial charge in [-0.2, -0.15) is 0 Å². The van der Waals surface area contributed by atoms with Gasteiger partial charge in [0, 0.05) is 19.5 Å². The average Bonchev–Trinajstić information content (AvgIpc) is 2.61. The third-order valence-corrected chi connectivity index (χ3v) is 4.10. The van der Waals surface area contributed by atoms with Crippen molar-refractivity contribution in [3.05, 3.63) is 65.2 Å². The highest BCUT2D eigenvalue weighted by molar-refractivity contribution is 5.78. The minimum atomic E-state index is -0.414. The third-order valence-electron chi connectivity index (χ3n) is 4.10. The number of rotatable bonds is 9. The Balaban J connectivity index is 1.93. The molecule has 0 unspecified atom stereocenters. The van der Waals surface area contributed by atoms with Gasteiger partial charge in [-0.1, -0.05) is 48.0 Å². The van der Waals surface area contributed by atoms with Gasteiger partial charge in [0.2, 0.25) is 11.8 Å². The highest BCUT2D eigenvalue weighted by Gasteiger charge is 2.15. The number of ether oxygens (including phenoxy) is 1. The summed E-state index contributed by atoms with van der Waals surface area (Å²) < 4.78 is 5.75. The number of primary amides is 1. The molecule has 0 fully saturated rings. The van der Waals surface area contributed by atoms with Gasteiger partial charge in [0.25, 0.3) is 0 Å². The molecule has 2 N–H and O–H groups in total. The predicted molar refractivity (Wildman–Crippen MR) is 102 cm³/mol. The normalized spacial score (nSPS) is 10.4. The van der Waals surface area contributed by atoms with Crippen LogP contribution in [-0.4, -0.2) is 29.9 Å². The van der Waals surface area contributed by atoms with Gasteiger partial charge in [-0.3, -0.25) is 9.59 Å². The van der Waals surface area contributed by atoms with Gasteiger partial charge in [-0.05, 0) is 31.0 Å². The molecule has 0 aromatic heterocycles. The second-order valence-electron chi connectivity index (χ2n) is 6.38. The van der Waals surface area contributed by atoms with Crippen molar-refractivity contribution < 1.29 is 14.3 Å². The van der Waals surface area contributed by atoms with Gasteiger partial charge in [-0.25, -0.2) is 0 Å². The molecule has 0 aliphatic rings. The molecule has 0 aliphatic heterocycles. The van der Waals surface area contributed by atoms with Gasteiger partial charge in [0.1, 0.15) is 5.75 Å². The molecule has 5 heteroatoms. The van der Waals surface area contributed by atoms with E-state index in [-0.39, 0.29) is 18.7 Å². The molecule has 2 rings (SSSR count). The number of nitrogens with two attached hydrogens (primary N) is 1. The van der Waals surface area contributed by atoms with Crippen molar-refractivity contribution in [2.75, 3.05) is 13.2 Å². The number of carbonyl (C=O) groups excluding carboxylic acids is 2. The van der Waals surface area contributed by atoms with E-state index in [1.807, 2.05) is 62.4 Å². The van der Waals surface area contributed by atoms with Crippen LogP contribution in [0.15, 0.2) is 48.5 Å². The molecule has 0 radical (unpaired) electrons. The van der Waals surface area contributed by atoms with Crippen LogP contribution in [0.2, 0.25) is 0 Å². The van der Waals surface area contributed by atoms with Crippen molar-refractivity contribution in [2.24, 2.45) is 5.73 Å². The van der Waals surface area contributed by atoms with Crippen LogP contribution in [0.3, 0.4) is 0 Å². The summed E-state index contributed by atoms with van der Waals surface area (Å²) in [6.07, 6.45) is 0.398. The van der Waals surface area contributed by atoms with Crippen molar-refractivity contribution in [3.63, 3.8) is 0 Å². The molecule has 5 nitrogen and oxygen atoms in total. The first-order chi connectivity index (χ1) is 12.5. The first-order valence-corrected chi connectivity index (χ1v) is 8.76. The summed E-state index contributed by atoms with van der Waals surface area (Å²) in [4.78, 5) is 25.3. The lowest BCUT2D eigenvalue weighted by Crippen LogP contribution is -2.34. The molecule has 0 aliphatic carbocycles. The molecule has 0 saturated carbocycles. The third kappa shape index (κ3) is 6.24. The van der Waals surface area contributed by atoms with Crippen molar-refractivity contribution in [3.8, 4) is 5.75 Å². The molecule has 0 atom stereocenters. The van der Waals surface area contributed by atoms with Gasteiger partial charge in [0.15, 0.2) is 0 Å². The minimum Gasteiger partial charge on any atom is -0.493 e. The molecule has 138 valence electrons. The summed E-state index contributed by atoms with van der Waals surface area (Å²) in [6.45, 7) is 5.08. The highest BCUT2D eigenvalue weighted by atomic mass is 16.5. The van der Waals surface area contributed by atoms with Crippen LogP contribution < -0.4 is 10.5 Å². The molecule has 2 amide bonds. The van der Waals surface area contributed by atoms with E-state index in [1.165, 1.54) is 5.56 Å². The first-order valence-electron chi connectivity index (χ1n) is 8.76. The van der Waals surface area contributed by atoms with E-state index in [9.17, 15) is 9.59 Å². The molecule has 2 aromatic carbocycles. The molecule has 2 aromatic rings. The summed E-state index contributed by atoms with van der Waals surface area (Å²) in [5, 5.41) is 0. The second-order valence-corrected chi connectivity index (χ2v) is 6.38. The lowest BCUT2D eigenvalue weighted by molar-refractivity contribution is -0.132. The van der Waals surface area contributed by atoms with Crippen LogP contribution in [0.25, 0.3) is 0 Å².